The molecule has 3 N–H and O–H groups in total. The van der Waals surface area contributed by atoms with Crippen LogP contribution >= 0.6 is 34.9 Å². The van der Waals surface area contributed by atoms with Gasteiger partial charge < -0.3 is 25.8 Å². The zero-order valence-corrected chi connectivity index (χ0v) is 23.7. The number of thiazole rings is 1. The Labute approximate surface area is 241 Å². The predicted octanol–water partition coefficient (Wildman–Crippen LogP) is -0.792. The van der Waals surface area contributed by atoms with Gasteiger partial charge in [0.15, 0.2) is 10.8 Å². The number of fused-ring (bicyclic) bond motifs is 1. The lowest BCUT2D eigenvalue weighted by Crippen LogP contribution is -2.71. The molecule has 2 aromatic rings. The Kier molecular flexibility index (Phi) is 8.27. The van der Waals surface area contributed by atoms with Crippen LogP contribution in [0.4, 0.5) is 5.13 Å². The van der Waals surface area contributed by atoms with Crippen LogP contribution in [-0.4, -0.2) is 75.9 Å². The molecule has 0 spiro atoms. The standard InChI is InChI=1S/C24H25N7O6S3/c1-37-28-17(15-12-40-24(25)26-15)20(33)27-18-21(34)31-19(23(35)36)13(11-39-22(18)31)10-38-14-5-8-29(9-6-14)30-7-3-2-4-16(30)32/h5-6,8-9,12,18,22H,2-4,7,10-11H2,1H3,(H3-,25,26,27,33,35,36)/b28-17-/t18-,22-/m1/s1. The number of nitrogen functional groups attached to an aromatic ring is 1. The highest BCUT2D eigenvalue weighted by molar-refractivity contribution is 8.01. The summed E-state index contributed by atoms with van der Waals surface area (Å²) in [7, 11) is 1.27. The van der Waals surface area contributed by atoms with Crippen LogP contribution in [0.2, 0.25) is 0 Å². The van der Waals surface area contributed by atoms with Gasteiger partial charge in [0.25, 0.3) is 17.7 Å². The monoisotopic (exact) mass is 603 g/mol. The number of hydrogen-bond acceptors (Lipinski definition) is 12. The Morgan fingerprint density at radius 1 is 1.32 bits per heavy atom. The lowest BCUT2D eigenvalue weighted by atomic mass is 10.0. The topological polar surface area (TPSA) is 174 Å². The summed E-state index contributed by atoms with van der Waals surface area (Å²) in [4.78, 5) is 61.0. The van der Waals surface area contributed by atoms with E-state index in [4.69, 9.17) is 10.6 Å². The number of nitrogens with one attached hydrogen (secondary N) is 1. The lowest BCUT2D eigenvalue weighted by molar-refractivity contribution is -0.684. The number of carboxylic acids is 1. The quantitative estimate of drug-likeness (QED) is 0.122. The summed E-state index contributed by atoms with van der Waals surface area (Å²) in [5.41, 5.74) is 6.08. The molecule has 0 aromatic carbocycles. The SMILES string of the molecule is CO/N=C(\C(=O)N[C@@H]1C(=O)N2C(C(=O)[O-])=C(CSc3cc[n+](N4CCCCC4=O)cc3)CS[C@H]12)c1csc(N)n1. The maximum absolute atomic E-state index is 13.0. The Morgan fingerprint density at radius 2 is 2.10 bits per heavy atom. The van der Waals surface area contributed by atoms with Gasteiger partial charge in [-0.25, -0.2) is 4.98 Å². The second-order valence-corrected chi connectivity index (χ2v) is 12.0. The highest BCUT2D eigenvalue weighted by atomic mass is 32.2. The van der Waals surface area contributed by atoms with E-state index < -0.39 is 29.2 Å². The van der Waals surface area contributed by atoms with E-state index >= 15 is 0 Å². The summed E-state index contributed by atoms with van der Waals surface area (Å²) in [5, 5.41) is 21.3. The molecule has 0 bridgehead atoms. The van der Waals surface area contributed by atoms with Crippen molar-refractivity contribution >= 4 is 69.4 Å². The molecule has 0 unspecified atom stereocenters. The molecule has 3 aliphatic rings. The van der Waals surface area contributed by atoms with E-state index in [1.54, 1.807) is 22.1 Å². The number of amides is 3. The highest BCUT2D eigenvalue weighted by Crippen LogP contribution is 2.41. The van der Waals surface area contributed by atoms with Gasteiger partial charge in [-0.15, -0.1) is 39.9 Å². The fourth-order valence-electron chi connectivity index (χ4n) is 4.55. The van der Waals surface area contributed by atoms with Gasteiger partial charge in [0, 0.05) is 40.3 Å². The molecule has 16 heteroatoms. The number of nitrogens with two attached hydrogens (primary N) is 1. The van der Waals surface area contributed by atoms with Crippen LogP contribution in [-0.2, 0) is 24.0 Å². The summed E-state index contributed by atoms with van der Waals surface area (Å²) in [5.74, 6) is -1.96. The van der Waals surface area contributed by atoms with Crippen molar-refractivity contribution in [3.63, 3.8) is 0 Å². The van der Waals surface area contributed by atoms with Gasteiger partial charge in [0.05, 0.1) is 18.2 Å². The molecule has 5 heterocycles. The number of rotatable bonds is 9. The second kappa shape index (κ2) is 11.9. The number of carbonyl (C=O) groups is 4. The molecule has 13 nitrogen and oxygen atoms in total. The molecule has 2 saturated heterocycles. The number of nitrogens with zero attached hydrogens (tertiary/aromatic N) is 5. The van der Waals surface area contributed by atoms with Crippen molar-refractivity contribution < 1.29 is 33.8 Å². The average molecular weight is 604 g/mol. The third-order valence-corrected chi connectivity index (χ3v) is 9.57. The number of piperidine rings is 1. The van der Waals surface area contributed by atoms with Crippen LogP contribution in [0.5, 0.6) is 0 Å². The lowest BCUT2D eigenvalue weighted by Gasteiger charge is -2.50. The van der Waals surface area contributed by atoms with Crippen molar-refractivity contribution in [3.8, 4) is 0 Å². The first kappa shape index (κ1) is 27.9. The minimum atomic E-state index is -1.45. The van der Waals surface area contributed by atoms with Crippen LogP contribution in [0.1, 0.15) is 25.0 Å². The van der Waals surface area contributed by atoms with Crippen molar-refractivity contribution in [1.82, 2.24) is 15.2 Å². The van der Waals surface area contributed by atoms with Crippen LogP contribution in [0.3, 0.4) is 0 Å². The number of thioether (sulfide) groups is 2. The second-order valence-electron chi connectivity index (χ2n) is 8.97. The molecule has 0 saturated carbocycles. The molecule has 2 aromatic heterocycles. The van der Waals surface area contributed by atoms with Crippen molar-refractivity contribution in [2.75, 3.05) is 35.9 Å². The first-order chi connectivity index (χ1) is 19.3. The fraction of sp³-hybridized carbons (Fsp3) is 0.375. The fourth-order valence-corrected chi connectivity index (χ4v) is 7.47. The van der Waals surface area contributed by atoms with Crippen LogP contribution in [0, 0.1) is 0 Å². The molecule has 0 aliphatic carbocycles. The molecule has 2 atom stereocenters. The first-order valence-corrected chi connectivity index (χ1v) is 15.2. The van der Waals surface area contributed by atoms with Crippen LogP contribution in [0.25, 0.3) is 0 Å². The molecular formula is C24H25N7O6S3. The summed E-state index contributed by atoms with van der Waals surface area (Å²) >= 11 is 3.89. The minimum absolute atomic E-state index is 0.0814. The smallest absolute Gasteiger partial charge is 0.277 e. The van der Waals surface area contributed by atoms with E-state index in [-0.39, 0.29) is 28.1 Å². The number of β-lactam (4-membered cyclic amide) rings is 1. The van der Waals surface area contributed by atoms with Gasteiger partial charge in [-0.3, -0.25) is 19.3 Å². The van der Waals surface area contributed by atoms with Gasteiger partial charge in [-0.05, 0) is 18.4 Å². The molecule has 40 heavy (non-hydrogen) atoms. The maximum Gasteiger partial charge on any atom is 0.277 e. The normalized spacial score (nSPS) is 21.2. The summed E-state index contributed by atoms with van der Waals surface area (Å²) in [6.45, 7) is 0.668. The number of anilines is 1. The molecule has 0 radical (unpaired) electrons. The minimum Gasteiger partial charge on any atom is -0.543 e. The Balaban J connectivity index is 1.25. The number of aliphatic carboxylic acids is 1. The van der Waals surface area contributed by atoms with Gasteiger partial charge in [0.1, 0.15) is 24.2 Å². The van der Waals surface area contributed by atoms with Crippen LogP contribution in [0.15, 0.2) is 51.2 Å². The van der Waals surface area contributed by atoms with Crippen molar-refractivity contribution in [1.29, 1.82) is 0 Å². The zero-order valence-electron chi connectivity index (χ0n) is 21.3. The number of oxime groups is 1. The molecule has 3 amide bonds. The number of carboxylic acid groups (broad SMARTS) is 1. The first-order valence-electron chi connectivity index (χ1n) is 12.2. The third-order valence-electron chi connectivity index (χ3n) is 6.46. The summed E-state index contributed by atoms with van der Waals surface area (Å²) in [6.07, 6.45) is 6.00. The predicted molar refractivity (Wildman–Crippen MR) is 146 cm³/mol. The molecule has 3 aliphatic heterocycles. The van der Waals surface area contributed by atoms with Crippen molar-refractivity contribution in [2.45, 2.75) is 35.6 Å². The molecule has 2 fully saturated rings. The number of hydrogen-bond donors (Lipinski definition) is 2. The number of carbonyl (C=O) groups excluding carboxylic acids is 4. The van der Waals surface area contributed by atoms with E-state index in [2.05, 4.69) is 15.5 Å². The van der Waals surface area contributed by atoms with Gasteiger partial charge in [-0.2, -0.15) is 0 Å². The van der Waals surface area contributed by atoms with Gasteiger partial charge in [-0.1, -0.05) is 9.83 Å². The molecule has 210 valence electrons. The van der Waals surface area contributed by atoms with E-state index in [1.807, 2.05) is 12.1 Å². The summed E-state index contributed by atoms with van der Waals surface area (Å²) < 4.78 is 1.76. The van der Waals surface area contributed by atoms with Crippen LogP contribution < -0.4 is 25.8 Å². The van der Waals surface area contributed by atoms with Gasteiger partial charge >= 0.3 is 0 Å². The zero-order chi connectivity index (χ0) is 28.4. The highest BCUT2D eigenvalue weighted by Gasteiger charge is 2.53. The average Bonchev–Trinajstić information content (AvgIpc) is 3.38. The van der Waals surface area contributed by atoms with E-state index in [0.29, 0.717) is 30.0 Å². The van der Waals surface area contributed by atoms with E-state index in [1.165, 1.54) is 40.9 Å². The van der Waals surface area contributed by atoms with E-state index in [0.717, 1.165) is 29.1 Å². The number of pyridine rings is 1. The van der Waals surface area contributed by atoms with E-state index in [9.17, 15) is 24.3 Å². The Morgan fingerprint density at radius 3 is 2.75 bits per heavy atom. The largest absolute Gasteiger partial charge is 0.543 e. The van der Waals surface area contributed by atoms with Crippen molar-refractivity contribution in [3.05, 3.63) is 46.9 Å². The molecule has 5 rings (SSSR count). The Bertz CT molecular complexity index is 1410. The van der Waals surface area contributed by atoms with Crippen molar-refractivity contribution in [2.24, 2.45) is 5.16 Å². The number of aromatic nitrogens is 2. The maximum atomic E-state index is 13.0. The Hall–Kier alpha value is -3.63. The van der Waals surface area contributed by atoms with Gasteiger partial charge in [0.2, 0.25) is 12.4 Å². The third kappa shape index (κ3) is 5.51. The summed E-state index contributed by atoms with van der Waals surface area (Å²) in [6, 6.07) is 2.77. The molecular weight excluding hydrogens is 579 g/mol.